The average Bonchev–Trinajstić information content (AvgIpc) is 2.42. The summed E-state index contributed by atoms with van der Waals surface area (Å²) in [6.45, 7) is 4.80. The highest BCUT2D eigenvalue weighted by atomic mass is 19.2. The second kappa shape index (κ2) is 5.47. The van der Waals surface area contributed by atoms with E-state index in [1.54, 1.807) is 13.8 Å². The molecule has 2 aromatic rings. The quantitative estimate of drug-likeness (QED) is 0.886. The summed E-state index contributed by atoms with van der Waals surface area (Å²) in [6.07, 6.45) is -0.575. The first-order chi connectivity index (χ1) is 10.2. The number of carbonyl (C=O) groups is 1. The van der Waals surface area contributed by atoms with Gasteiger partial charge in [-0.25, -0.2) is 13.2 Å². The molecule has 0 spiro atoms. The molecule has 0 aliphatic rings. The molecule has 0 fully saturated rings. The highest BCUT2D eigenvalue weighted by Gasteiger charge is 2.24. The smallest absolute Gasteiger partial charge is 0.308 e. The maximum Gasteiger partial charge on any atom is 0.308 e. The van der Waals surface area contributed by atoms with Crippen LogP contribution in [0.3, 0.4) is 0 Å². The van der Waals surface area contributed by atoms with Gasteiger partial charge in [0, 0.05) is 17.3 Å². The molecule has 1 heterocycles. The van der Waals surface area contributed by atoms with Crippen LogP contribution in [0.15, 0.2) is 10.9 Å². The van der Waals surface area contributed by atoms with E-state index in [4.69, 9.17) is 5.11 Å². The second-order valence-electron chi connectivity index (χ2n) is 5.31. The standard InChI is InChI=1S/C15H14F3NO3/c1-6(2)19-7(3)8(5-11(20)21)15(22)9-4-10(16)12(17)13(18)14(9)19/h4,6H,5H2,1-3H3,(H,20,21). The summed E-state index contributed by atoms with van der Waals surface area (Å²) in [6, 6.07) is 0.231. The van der Waals surface area contributed by atoms with E-state index in [2.05, 4.69) is 0 Å². The van der Waals surface area contributed by atoms with Gasteiger partial charge in [0.1, 0.15) is 0 Å². The van der Waals surface area contributed by atoms with Gasteiger partial charge in [-0.2, -0.15) is 0 Å². The lowest BCUT2D eigenvalue weighted by Gasteiger charge is -2.21. The normalized spacial score (nSPS) is 11.4. The largest absolute Gasteiger partial charge is 0.481 e. The summed E-state index contributed by atoms with van der Waals surface area (Å²) >= 11 is 0. The molecule has 1 aromatic heterocycles. The first kappa shape index (κ1) is 16.1. The number of pyridine rings is 1. The van der Waals surface area contributed by atoms with Crippen molar-refractivity contribution in [1.82, 2.24) is 4.57 Å². The molecule has 0 aliphatic carbocycles. The fourth-order valence-electron chi connectivity index (χ4n) is 2.64. The molecule has 1 aromatic carbocycles. The van der Waals surface area contributed by atoms with Crippen molar-refractivity contribution in [1.29, 1.82) is 0 Å². The molecule has 0 bridgehead atoms. The first-order valence-corrected chi connectivity index (χ1v) is 6.59. The van der Waals surface area contributed by atoms with Crippen LogP contribution in [0.4, 0.5) is 13.2 Å². The summed E-state index contributed by atoms with van der Waals surface area (Å²) in [4.78, 5) is 23.3. The van der Waals surface area contributed by atoms with Crippen LogP contribution in [0.1, 0.15) is 31.1 Å². The van der Waals surface area contributed by atoms with Crippen LogP contribution in [-0.4, -0.2) is 15.6 Å². The number of aromatic nitrogens is 1. The Labute approximate surface area is 123 Å². The molecule has 4 nitrogen and oxygen atoms in total. The third-order valence-corrected chi connectivity index (χ3v) is 3.54. The maximum absolute atomic E-state index is 14.1. The molecule has 0 saturated carbocycles. The number of hydrogen-bond donors (Lipinski definition) is 1. The molecule has 0 aliphatic heterocycles. The number of rotatable bonds is 3. The van der Waals surface area contributed by atoms with Gasteiger partial charge in [0.2, 0.25) is 0 Å². The van der Waals surface area contributed by atoms with Gasteiger partial charge in [0.05, 0.1) is 17.3 Å². The van der Waals surface area contributed by atoms with E-state index in [1.807, 2.05) is 0 Å². The fourth-order valence-corrected chi connectivity index (χ4v) is 2.64. The molecule has 2 rings (SSSR count). The highest BCUT2D eigenvalue weighted by molar-refractivity contribution is 5.83. The number of nitrogens with zero attached hydrogens (tertiary/aromatic N) is 1. The van der Waals surface area contributed by atoms with Crippen molar-refractivity contribution in [3.05, 3.63) is 45.0 Å². The Kier molecular flexibility index (Phi) is 4.00. The van der Waals surface area contributed by atoms with Gasteiger partial charge in [0.15, 0.2) is 22.9 Å². The number of hydrogen-bond acceptors (Lipinski definition) is 2. The van der Waals surface area contributed by atoms with Crippen molar-refractivity contribution in [2.45, 2.75) is 33.2 Å². The minimum absolute atomic E-state index is 0.0703. The van der Waals surface area contributed by atoms with E-state index in [-0.39, 0.29) is 28.2 Å². The molecular formula is C15H14F3NO3. The molecule has 7 heteroatoms. The Morgan fingerprint density at radius 1 is 1.27 bits per heavy atom. The van der Waals surface area contributed by atoms with Crippen LogP contribution in [0, 0.1) is 24.4 Å². The van der Waals surface area contributed by atoms with Crippen molar-refractivity contribution in [2.24, 2.45) is 0 Å². The Morgan fingerprint density at radius 3 is 2.36 bits per heavy atom. The number of aliphatic carboxylic acids is 1. The fraction of sp³-hybridized carbons (Fsp3) is 0.333. The monoisotopic (exact) mass is 313 g/mol. The SMILES string of the molecule is Cc1c(CC(=O)O)c(=O)c2cc(F)c(F)c(F)c2n1C(C)C. The van der Waals surface area contributed by atoms with Gasteiger partial charge in [-0.05, 0) is 26.8 Å². The highest BCUT2D eigenvalue weighted by Crippen LogP contribution is 2.26. The molecule has 1 N–H and O–H groups in total. The molecular weight excluding hydrogens is 299 g/mol. The zero-order valence-electron chi connectivity index (χ0n) is 12.2. The summed E-state index contributed by atoms with van der Waals surface area (Å²) in [5.74, 6) is -5.84. The van der Waals surface area contributed by atoms with Crippen LogP contribution < -0.4 is 5.43 Å². The lowest BCUT2D eigenvalue weighted by atomic mass is 10.0. The van der Waals surface area contributed by atoms with Crippen molar-refractivity contribution < 1.29 is 23.1 Å². The average molecular weight is 313 g/mol. The van der Waals surface area contributed by atoms with Gasteiger partial charge in [-0.15, -0.1) is 0 Å². The molecule has 118 valence electrons. The third kappa shape index (κ3) is 2.36. The van der Waals surface area contributed by atoms with Crippen LogP contribution in [0.5, 0.6) is 0 Å². The second-order valence-corrected chi connectivity index (χ2v) is 5.31. The predicted molar refractivity (Wildman–Crippen MR) is 74.5 cm³/mol. The Balaban J connectivity index is 3.08. The van der Waals surface area contributed by atoms with Crippen LogP contribution >= 0.6 is 0 Å². The molecule has 0 unspecified atom stereocenters. The van der Waals surface area contributed by atoms with Gasteiger partial charge in [-0.3, -0.25) is 9.59 Å². The van der Waals surface area contributed by atoms with Crippen molar-refractivity contribution >= 4 is 16.9 Å². The summed E-state index contributed by atoms with van der Waals surface area (Å²) in [7, 11) is 0. The van der Waals surface area contributed by atoms with E-state index < -0.39 is 35.3 Å². The molecule has 0 radical (unpaired) electrons. The van der Waals surface area contributed by atoms with E-state index >= 15 is 0 Å². The van der Waals surface area contributed by atoms with Gasteiger partial charge in [0.25, 0.3) is 0 Å². The topological polar surface area (TPSA) is 59.3 Å². The number of carboxylic acids is 1. The van der Waals surface area contributed by atoms with Crippen LogP contribution in [0.2, 0.25) is 0 Å². The maximum atomic E-state index is 14.1. The Hall–Kier alpha value is -2.31. The molecule has 0 atom stereocenters. The van der Waals surface area contributed by atoms with E-state index in [9.17, 15) is 22.8 Å². The number of carboxylic acid groups (broad SMARTS) is 1. The minimum Gasteiger partial charge on any atom is -0.481 e. The Morgan fingerprint density at radius 2 is 1.86 bits per heavy atom. The minimum atomic E-state index is -1.66. The number of halogens is 3. The van der Waals surface area contributed by atoms with Gasteiger partial charge in [-0.1, -0.05) is 0 Å². The van der Waals surface area contributed by atoms with E-state index in [1.165, 1.54) is 11.5 Å². The molecule has 22 heavy (non-hydrogen) atoms. The van der Waals surface area contributed by atoms with Crippen LogP contribution in [0.25, 0.3) is 10.9 Å². The van der Waals surface area contributed by atoms with Crippen LogP contribution in [-0.2, 0) is 11.2 Å². The van der Waals surface area contributed by atoms with Crippen molar-refractivity contribution in [3.63, 3.8) is 0 Å². The zero-order chi connectivity index (χ0) is 16.8. The molecule has 0 amide bonds. The molecule has 0 saturated heterocycles. The van der Waals surface area contributed by atoms with Gasteiger partial charge < -0.3 is 9.67 Å². The number of fused-ring (bicyclic) bond motifs is 1. The summed E-state index contributed by atoms with van der Waals surface area (Å²) in [5.41, 5.74) is -1.01. The Bertz CT molecular complexity index is 841. The van der Waals surface area contributed by atoms with E-state index in [0.717, 1.165) is 0 Å². The third-order valence-electron chi connectivity index (χ3n) is 3.54. The first-order valence-electron chi connectivity index (χ1n) is 6.59. The predicted octanol–water partition coefficient (Wildman–Crippen LogP) is 2.94. The number of benzene rings is 1. The lowest BCUT2D eigenvalue weighted by molar-refractivity contribution is -0.136. The zero-order valence-corrected chi connectivity index (χ0v) is 12.2. The van der Waals surface area contributed by atoms with Gasteiger partial charge >= 0.3 is 5.97 Å². The lowest BCUT2D eigenvalue weighted by Crippen LogP contribution is -2.23. The summed E-state index contributed by atoms with van der Waals surface area (Å²) < 4.78 is 42.4. The van der Waals surface area contributed by atoms with E-state index in [0.29, 0.717) is 6.07 Å². The summed E-state index contributed by atoms with van der Waals surface area (Å²) in [5, 5.41) is 8.55. The van der Waals surface area contributed by atoms with Crippen molar-refractivity contribution in [3.8, 4) is 0 Å². The van der Waals surface area contributed by atoms with Crippen molar-refractivity contribution in [2.75, 3.05) is 0 Å².